The Morgan fingerprint density at radius 2 is 1.77 bits per heavy atom. The number of imidazole rings is 1. The topological polar surface area (TPSA) is 281 Å². The van der Waals surface area contributed by atoms with Crippen molar-refractivity contribution in [1.29, 1.82) is 0 Å². The lowest BCUT2D eigenvalue weighted by Crippen LogP contribution is -2.54. The van der Waals surface area contributed by atoms with Crippen LogP contribution in [-0.4, -0.2) is 87.0 Å². The number of rotatable bonds is 16. The third kappa shape index (κ3) is 12.0. The van der Waals surface area contributed by atoms with Crippen LogP contribution in [-0.2, 0) is 30.4 Å². The van der Waals surface area contributed by atoms with Crippen LogP contribution in [0.2, 0.25) is 0 Å². The molecule has 0 aliphatic heterocycles. The number of carboxylic acid groups (broad SMARTS) is 2. The molecule has 16 nitrogen and oxygen atoms in total. The molecule has 0 bridgehead atoms. The molecular formula is C19H31N9O7. The highest BCUT2D eigenvalue weighted by Gasteiger charge is 2.25. The van der Waals surface area contributed by atoms with Gasteiger partial charge in [-0.3, -0.25) is 24.2 Å². The van der Waals surface area contributed by atoms with Gasteiger partial charge in [0.25, 0.3) is 0 Å². The normalized spacial score (nSPS) is 13.1. The summed E-state index contributed by atoms with van der Waals surface area (Å²) in [7, 11) is 0. The summed E-state index contributed by atoms with van der Waals surface area (Å²) in [6.07, 6.45) is 2.71. The lowest BCUT2D eigenvalue weighted by molar-refractivity contribution is -0.143. The van der Waals surface area contributed by atoms with Gasteiger partial charge < -0.3 is 48.3 Å². The van der Waals surface area contributed by atoms with E-state index in [1.165, 1.54) is 12.5 Å². The monoisotopic (exact) mass is 497 g/mol. The van der Waals surface area contributed by atoms with Gasteiger partial charge in [0.2, 0.25) is 17.7 Å². The summed E-state index contributed by atoms with van der Waals surface area (Å²) in [5.74, 6) is -4.96. The van der Waals surface area contributed by atoms with Crippen molar-refractivity contribution >= 4 is 35.6 Å². The van der Waals surface area contributed by atoms with Crippen molar-refractivity contribution in [2.75, 3.05) is 13.1 Å². The van der Waals surface area contributed by atoms with Gasteiger partial charge in [0, 0.05) is 31.3 Å². The van der Waals surface area contributed by atoms with Gasteiger partial charge in [-0.1, -0.05) is 0 Å². The molecule has 35 heavy (non-hydrogen) atoms. The number of H-pyrrole nitrogens is 1. The number of aliphatic carboxylic acids is 2. The maximum absolute atomic E-state index is 12.6. The van der Waals surface area contributed by atoms with E-state index in [4.69, 9.17) is 27.4 Å². The minimum Gasteiger partial charge on any atom is -0.481 e. The van der Waals surface area contributed by atoms with Crippen molar-refractivity contribution in [3.05, 3.63) is 18.2 Å². The van der Waals surface area contributed by atoms with Gasteiger partial charge >= 0.3 is 11.9 Å². The quantitative estimate of drug-likeness (QED) is 0.0610. The second-order valence-corrected chi connectivity index (χ2v) is 7.51. The summed E-state index contributed by atoms with van der Waals surface area (Å²) in [6.45, 7) is -0.414. The van der Waals surface area contributed by atoms with Crippen LogP contribution in [0.25, 0.3) is 0 Å². The summed E-state index contributed by atoms with van der Waals surface area (Å²) in [5.41, 5.74) is 17.1. The molecule has 0 saturated heterocycles. The number of hydrogen-bond acceptors (Lipinski definition) is 8. The van der Waals surface area contributed by atoms with Crippen molar-refractivity contribution < 1.29 is 34.2 Å². The molecule has 0 saturated carbocycles. The van der Waals surface area contributed by atoms with Crippen LogP contribution in [0.1, 0.15) is 31.4 Å². The van der Waals surface area contributed by atoms with Crippen molar-refractivity contribution in [3.63, 3.8) is 0 Å². The molecule has 0 aromatic carbocycles. The first-order valence-electron chi connectivity index (χ1n) is 10.6. The first kappa shape index (κ1) is 28.8. The maximum Gasteiger partial charge on any atom is 0.326 e. The van der Waals surface area contributed by atoms with E-state index in [1.54, 1.807) is 0 Å². The predicted molar refractivity (Wildman–Crippen MR) is 122 cm³/mol. The molecular weight excluding hydrogens is 466 g/mol. The molecule has 1 aromatic rings. The molecule has 1 aromatic heterocycles. The highest BCUT2D eigenvalue weighted by Crippen LogP contribution is 2.02. The third-order valence-electron chi connectivity index (χ3n) is 4.61. The highest BCUT2D eigenvalue weighted by molar-refractivity contribution is 5.92. The fraction of sp³-hybridized carbons (Fsp3) is 0.526. The first-order chi connectivity index (χ1) is 16.5. The Morgan fingerprint density at radius 1 is 1.06 bits per heavy atom. The summed E-state index contributed by atoms with van der Waals surface area (Å²) in [5, 5.41) is 24.8. The Bertz CT molecular complexity index is 900. The van der Waals surface area contributed by atoms with Gasteiger partial charge in [-0.2, -0.15) is 0 Å². The fourth-order valence-corrected chi connectivity index (χ4v) is 2.84. The Morgan fingerprint density at radius 3 is 2.34 bits per heavy atom. The number of nitrogens with one attached hydrogen (secondary N) is 4. The number of carboxylic acids is 2. The second kappa shape index (κ2) is 14.8. The van der Waals surface area contributed by atoms with Crippen LogP contribution >= 0.6 is 0 Å². The summed E-state index contributed by atoms with van der Waals surface area (Å²) >= 11 is 0. The lowest BCUT2D eigenvalue weighted by Gasteiger charge is -2.21. The number of aliphatic imine (C=N–C) groups is 1. The molecule has 12 N–H and O–H groups in total. The van der Waals surface area contributed by atoms with Gasteiger partial charge in [0.1, 0.15) is 12.1 Å². The Hall–Kier alpha value is -4.21. The standard InChI is InChI=1S/C19H31N9O7/c20-11(6-10-7-23-9-26-10)16(32)28-12(2-1-5-24-19(21)22)17(33)25-8-14(29)27-13(18(34)35)3-4-15(30)31/h7,9,11-13H,1-6,8,20H2,(H,23,26)(H,25,33)(H,27,29)(H,28,32)(H,30,31)(H,34,35)(H4,21,22,24). The van der Waals surface area contributed by atoms with Gasteiger partial charge in [-0.25, -0.2) is 9.78 Å². The van der Waals surface area contributed by atoms with E-state index < -0.39 is 60.8 Å². The number of aromatic amines is 1. The van der Waals surface area contributed by atoms with Crippen LogP contribution in [0.4, 0.5) is 0 Å². The molecule has 0 fully saturated rings. The zero-order valence-corrected chi connectivity index (χ0v) is 18.9. The maximum atomic E-state index is 12.6. The van der Waals surface area contributed by atoms with Crippen LogP contribution in [0.3, 0.4) is 0 Å². The molecule has 3 atom stereocenters. The second-order valence-electron chi connectivity index (χ2n) is 7.51. The number of nitrogens with two attached hydrogens (primary N) is 3. The molecule has 0 aliphatic carbocycles. The molecule has 0 radical (unpaired) electrons. The van der Waals surface area contributed by atoms with Gasteiger partial charge in [-0.05, 0) is 19.3 Å². The van der Waals surface area contributed by atoms with E-state index in [1.807, 2.05) is 0 Å². The van der Waals surface area contributed by atoms with E-state index in [0.29, 0.717) is 12.1 Å². The van der Waals surface area contributed by atoms with Crippen LogP contribution < -0.4 is 33.2 Å². The molecule has 3 unspecified atom stereocenters. The van der Waals surface area contributed by atoms with Gasteiger partial charge in [0.15, 0.2) is 5.96 Å². The zero-order chi connectivity index (χ0) is 26.4. The van der Waals surface area contributed by atoms with Crippen molar-refractivity contribution in [1.82, 2.24) is 25.9 Å². The summed E-state index contributed by atoms with van der Waals surface area (Å²) in [6, 6.07) is -3.51. The number of amides is 3. The predicted octanol–water partition coefficient (Wildman–Crippen LogP) is -3.63. The Labute approximate surface area is 200 Å². The zero-order valence-electron chi connectivity index (χ0n) is 18.9. The molecule has 194 valence electrons. The first-order valence-corrected chi connectivity index (χ1v) is 10.6. The Balaban J connectivity index is 2.70. The molecule has 16 heteroatoms. The number of carbonyl (C=O) groups is 5. The number of aromatic nitrogens is 2. The van der Waals surface area contributed by atoms with Crippen molar-refractivity contribution in [2.24, 2.45) is 22.2 Å². The van der Waals surface area contributed by atoms with Crippen LogP contribution in [0.15, 0.2) is 17.5 Å². The molecule has 0 spiro atoms. The number of nitrogens with zero attached hydrogens (tertiary/aromatic N) is 2. The largest absolute Gasteiger partial charge is 0.481 e. The number of hydrogen-bond donors (Lipinski definition) is 9. The van der Waals surface area contributed by atoms with E-state index in [9.17, 15) is 24.0 Å². The van der Waals surface area contributed by atoms with E-state index in [2.05, 4.69) is 30.9 Å². The van der Waals surface area contributed by atoms with Crippen molar-refractivity contribution in [3.8, 4) is 0 Å². The molecule has 3 amide bonds. The van der Waals surface area contributed by atoms with Gasteiger partial charge in [-0.15, -0.1) is 0 Å². The fourth-order valence-electron chi connectivity index (χ4n) is 2.84. The Kier molecular flexibility index (Phi) is 12.2. The van der Waals surface area contributed by atoms with Crippen LogP contribution in [0.5, 0.6) is 0 Å². The van der Waals surface area contributed by atoms with Crippen LogP contribution in [0, 0.1) is 0 Å². The minimum atomic E-state index is -1.44. The molecule has 1 rings (SSSR count). The SMILES string of the molecule is NC(N)=NCCCC(NC(=O)C(N)Cc1cnc[nH]1)C(=O)NCC(=O)NC(CCC(=O)O)C(=O)O. The van der Waals surface area contributed by atoms with E-state index in [0.717, 1.165) is 0 Å². The van der Waals surface area contributed by atoms with Gasteiger partial charge in [0.05, 0.1) is 18.9 Å². The highest BCUT2D eigenvalue weighted by atomic mass is 16.4. The number of guanidine groups is 1. The molecule has 1 heterocycles. The average molecular weight is 498 g/mol. The number of carbonyl (C=O) groups excluding carboxylic acids is 3. The lowest BCUT2D eigenvalue weighted by atomic mass is 10.1. The average Bonchev–Trinajstić information content (AvgIpc) is 3.29. The minimum absolute atomic E-state index is 0.114. The summed E-state index contributed by atoms with van der Waals surface area (Å²) in [4.78, 5) is 69.5. The summed E-state index contributed by atoms with van der Waals surface area (Å²) < 4.78 is 0. The van der Waals surface area contributed by atoms with Crippen molar-refractivity contribution in [2.45, 2.75) is 50.2 Å². The van der Waals surface area contributed by atoms with E-state index >= 15 is 0 Å². The van der Waals surface area contributed by atoms with E-state index in [-0.39, 0.29) is 31.8 Å². The molecule has 0 aliphatic rings. The third-order valence-corrected chi connectivity index (χ3v) is 4.61. The smallest absolute Gasteiger partial charge is 0.326 e.